The Morgan fingerprint density at radius 3 is 2.92 bits per heavy atom. The molecule has 0 aliphatic heterocycles. The number of aromatic nitrogens is 1. The molecular weight excluding hydrogens is 174 g/mol. The predicted molar refractivity (Wildman–Crippen MR) is 42.2 cm³/mol. The molecule has 0 N–H and O–H groups in total. The van der Waals surface area contributed by atoms with Crippen LogP contribution in [0.1, 0.15) is 5.69 Å². The van der Waals surface area contributed by atoms with Crippen molar-refractivity contribution in [2.24, 2.45) is 0 Å². The molecule has 0 fully saturated rings. The molecular formula is C7H5N3O3. The van der Waals surface area contributed by atoms with Gasteiger partial charge in [-0.15, -0.1) is 0 Å². The van der Waals surface area contributed by atoms with Gasteiger partial charge in [0.2, 0.25) is 11.4 Å². The van der Waals surface area contributed by atoms with Crippen LogP contribution in [0.5, 0.6) is 5.75 Å². The largest absolute Gasteiger partial charge is 0.490 e. The Hall–Kier alpha value is -2.16. The van der Waals surface area contributed by atoms with Gasteiger partial charge in [-0.05, 0) is 0 Å². The van der Waals surface area contributed by atoms with E-state index in [1.165, 1.54) is 19.4 Å². The maximum Gasteiger partial charge on any atom is 0.347 e. The molecule has 0 saturated heterocycles. The van der Waals surface area contributed by atoms with Crippen LogP contribution < -0.4 is 4.74 Å². The first kappa shape index (κ1) is 8.93. The fraction of sp³-hybridized carbons (Fsp3) is 0.143. The monoisotopic (exact) mass is 179 g/mol. The van der Waals surface area contributed by atoms with Crippen LogP contribution in [-0.4, -0.2) is 17.0 Å². The number of hydrogen-bond acceptors (Lipinski definition) is 5. The standard InChI is InChI=1S/C7H5N3O3/c1-13-6-2-3-9-5(4-8)7(6)10(11)12/h2-3H,1H3. The zero-order valence-electron chi connectivity index (χ0n) is 6.72. The van der Waals surface area contributed by atoms with Crippen LogP contribution in [0.3, 0.4) is 0 Å². The van der Waals surface area contributed by atoms with Gasteiger partial charge in [0.25, 0.3) is 0 Å². The second-order valence-corrected chi connectivity index (χ2v) is 2.08. The highest BCUT2D eigenvalue weighted by Crippen LogP contribution is 2.27. The zero-order chi connectivity index (χ0) is 9.84. The summed E-state index contributed by atoms with van der Waals surface area (Å²) in [6, 6.07) is 2.95. The second-order valence-electron chi connectivity index (χ2n) is 2.08. The quantitative estimate of drug-likeness (QED) is 0.496. The van der Waals surface area contributed by atoms with Gasteiger partial charge >= 0.3 is 5.69 Å². The van der Waals surface area contributed by atoms with Crippen LogP contribution in [-0.2, 0) is 0 Å². The van der Waals surface area contributed by atoms with Gasteiger partial charge < -0.3 is 4.74 Å². The maximum absolute atomic E-state index is 10.5. The molecule has 0 aromatic carbocycles. The van der Waals surface area contributed by atoms with Gasteiger partial charge in [-0.3, -0.25) is 10.1 Å². The third-order valence-corrected chi connectivity index (χ3v) is 1.40. The summed E-state index contributed by atoms with van der Waals surface area (Å²) in [4.78, 5) is 13.3. The first-order valence-electron chi connectivity index (χ1n) is 3.28. The average Bonchev–Trinajstić information content (AvgIpc) is 2.16. The zero-order valence-corrected chi connectivity index (χ0v) is 6.72. The van der Waals surface area contributed by atoms with Crippen LogP contribution in [0.4, 0.5) is 5.69 Å². The van der Waals surface area contributed by atoms with Crippen molar-refractivity contribution in [2.45, 2.75) is 0 Å². The van der Waals surface area contributed by atoms with Gasteiger partial charge in [-0.1, -0.05) is 0 Å². The molecule has 0 atom stereocenters. The van der Waals surface area contributed by atoms with Crippen molar-refractivity contribution in [2.75, 3.05) is 7.11 Å². The number of nitro groups is 1. The molecule has 13 heavy (non-hydrogen) atoms. The molecule has 6 nitrogen and oxygen atoms in total. The summed E-state index contributed by atoms with van der Waals surface area (Å²) >= 11 is 0. The molecule has 0 bridgehead atoms. The lowest BCUT2D eigenvalue weighted by Gasteiger charge is -2.00. The number of nitrogens with zero attached hydrogens (tertiary/aromatic N) is 3. The fourth-order valence-corrected chi connectivity index (χ4v) is 0.859. The Bertz CT molecular complexity index is 383. The van der Waals surface area contributed by atoms with Crippen molar-refractivity contribution < 1.29 is 9.66 Å². The van der Waals surface area contributed by atoms with E-state index in [0.29, 0.717) is 0 Å². The summed E-state index contributed by atoms with van der Waals surface area (Å²) in [5, 5.41) is 19.0. The van der Waals surface area contributed by atoms with Gasteiger partial charge in [0.1, 0.15) is 6.07 Å². The number of rotatable bonds is 2. The van der Waals surface area contributed by atoms with Crippen molar-refractivity contribution in [3.8, 4) is 11.8 Å². The van der Waals surface area contributed by atoms with E-state index in [4.69, 9.17) is 10.00 Å². The summed E-state index contributed by atoms with van der Waals surface area (Å²) in [6.45, 7) is 0. The van der Waals surface area contributed by atoms with E-state index in [1.807, 2.05) is 0 Å². The predicted octanol–water partition coefficient (Wildman–Crippen LogP) is 0.870. The first-order valence-corrected chi connectivity index (χ1v) is 3.28. The first-order chi connectivity index (χ1) is 6.20. The topological polar surface area (TPSA) is 89.0 Å². The van der Waals surface area contributed by atoms with Gasteiger partial charge in [0, 0.05) is 12.3 Å². The Morgan fingerprint density at radius 1 is 1.77 bits per heavy atom. The Kier molecular flexibility index (Phi) is 2.40. The minimum atomic E-state index is -0.690. The molecule has 1 aromatic heterocycles. The van der Waals surface area contributed by atoms with E-state index in [2.05, 4.69) is 4.98 Å². The number of pyridine rings is 1. The van der Waals surface area contributed by atoms with E-state index < -0.39 is 10.6 Å². The van der Waals surface area contributed by atoms with E-state index in [0.717, 1.165) is 0 Å². The number of nitriles is 1. The molecule has 1 aromatic rings. The molecule has 0 unspecified atom stereocenters. The van der Waals surface area contributed by atoms with E-state index in [-0.39, 0.29) is 11.4 Å². The highest BCUT2D eigenvalue weighted by atomic mass is 16.6. The lowest BCUT2D eigenvalue weighted by atomic mass is 10.3. The SMILES string of the molecule is COc1ccnc(C#N)c1[N+](=O)[O-]. The van der Waals surface area contributed by atoms with Gasteiger partial charge in [-0.2, -0.15) is 5.26 Å². The molecule has 6 heteroatoms. The fourth-order valence-electron chi connectivity index (χ4n) is 0.859. The molecule has 0 amide bonds. The van der Waals surface area contributed by atoms with Crippen LogP contribution in [0.2, 0.25) is 0 Å². The van der Waals surface area contributed by atoms with Gasteiger partial charge in [0.15, 0.2) is 0 Å². The lowest BCUT2D eigenvalue weighted by Crippen LogP contribution is -1.98. The van der Waals surface area contributed by atoms with Crippen molar-refractivity contribution >= 4 is 5.69 Å². The van der Waals surface area contributed by atoms with Crippen molar-refractivity contribution in [3.05, 3.63) is 28.1 Å². The summed E-state index contributed by atoms with van der Waals surface area (Å²) in [6.07, 6.45) is 1.28. The van der Waals surface area contributed by atoms with E-state index in [1.54, 1.807) is 6.07 Å². The van der Waals surface area contributed by atoms with Gasteiger partial charge in [-0.25, -0.2) is 4.98 Å². The third kappa shape index (κ3) is 1.54. The molecule has 1 rings (SSSR count). The molecule has 0 radical (unpaired) electrons. The van der Waals surface area contributed by atoms with Crippen LogP contribution in [0.25, 0.3) is 0 Å². The molecule has 66 valence electrons. The molecule has 0 aliphatic carbocycles. The normalized spacial score (nSPS) is 8.92. The molecule has 0 aliphatic rings. The lowest BCUT2D eigenvalue weighted by molar-refractivity contribution is -0.386. The Morgan fingerprint density at radius 2 is 2.46 bits per heavy atom. The van der Waals surface area contributed by atoms with Crippen LogP contribution in [0.15, 0.2) is 12.3 Å². The number of methoxy groups -OCH3 is 1. The van der Waals surface area contributed by atoms with Crippen molar-refractivity contribution in [1.29, 1.82) is 5.26 Å². The highest BCUT2D eigenvalue weighted by molar-refractivity contribution is 5.53. The Labute approximate surface area is 73.5 Å². The molecule has 0 spiro atoms. The Balaban J connectivity index is 3.41. The highest BCUT2D eigenvalue weighted by Gasteiger charge is 2.21. The van der Waals surface area contributed by atoms with Gasteiger partial charge in [0.05, 0.1) is 12.0 Å². The average molecular weight is 179 g/mol. The van der Waals surface area contributed by atoms with E-state index in [9.17, 15) is 10.1 Å². The summed E-state index contributed by atoms with van der Waals surface area (Å²) in [5.74, 6) is 0.0385. The van der Waals surface area contributed by atoms with Crippen molar-refractivity contribution in [1.82, 2.24) is 4.98 Å². The summed E-state index contributed by atoms with van der Waals surface area (Å²) in [5.41, 5.74) is -0.642. The molecule has 0 saturated carbocycles. The maximum atomic E-state index is 10.5. The van der Waals surface area contributed by atoms with Crippen molar-refractivity contribution in [3.63, 3.8) is 0 Å². The number of hydrogen-bond donors (Lipinski definition) is 0. The van der Waals surface area contributed by atoms with Crippen LogP contribution >= 0.6 is 0 Å². The van der Waals surface area contributed by atoms with Crippen LogP contribution in [0, 0.1) is 21.4 Å². The summed E-state index contributed by atoms with van der Waals surface area (Å²) in [7, 11) is 1.30. The second kappa shape index (κ2) is 3.49. The smallest absolute Gasteiger partial charge is 0.347 e. The van der Waals surface area contributed by atoms with E-state index >= 15 is 0 Å². The third-order valence-electron chi connectivity index (χ3n) is 1.40. The number of ether oxygens (including phenoxy) is 1. The minimum absolute atomic E-state index is 0.0385. The summed E-state index contributed by atoms with van der Waals surface area (Å²) < 4.78 is 4.72. The molecule has 1 heterocycles. The minimum Gasteiger partial charge on any atom is -0.490 e.